The average molecular weight is 751 g/mol. The predicted octanol–water partition coefficient (Wildman–Crippen LogP) is 13.1. The molecule has 0 radical (unpaired) electrons. The van der Waals surface area contributed by atoms with Crippen molar-refractivity contribution in [2.45, 2.75) is 12.3 Å². The molecule has 0 amide bonds. The summed E-state index contributed by atoms with van der Waals surface area (Å²) in [6, 6.07) is 64.9. The van der Waals surface area contributed by atoms with Crippen molar-refractivity contribution in [2.24, 2.45) is 4.99 Å². The van der Waals surface area contributed by atoms with Crippen molar-refractivity contribution in [1.82, 2.24) is 15.2 Å². The summed E-state index contributed by atoms with van der Waals surface area (Å²) in [4.78, 5) is 5.11. The second-order valence-electron chi connectivity index (χ2n) is 14.8. The maximum atomic E-state index is 6.69. The van der Waals surface area contributed by atoms with E-state index in [0.717, 1.165) is 50.2 Å². The molecule has 0 saturated carbocycles. The van der Waals surface area contributed by atoms with Crippen LogP contribution in [0.4, 0.5) is 0 Å². The Labute approximate surface area is 332 Å². The van der Waals surface area contributed by atoms with Crippen molar-refractivity contribution in [3.8, 4) is 16.8 Å². The molecule has 0 saturated heterocycles. The van der Waals surface area contributed by atoms with Gasteiger partial charge in [0.25, 0.3) is 0 Å². The monoisotopic (exact) mass is 750 g/mol. The number of furan rings is 1. The standard InChI is InChI=1S/C51H34N4OS/c1-3-13-31(14-4-1)49-52-50(32-15-5-2-6-16-32)54-51(53-49)34-26-28-39-46(30-34)57-45-24-11-19-35(47(39)45)33-25-27-38-44(29-33)56-43-23-12-22-42(48(38)43)55-40-20-9-7-17-36(40)37-18-8-10-21-41(37)55/h1-30,49,51,53H,(H,52,54). The third kappa shape index (κ3) is 5.15. The van der Waals surface area contributed by atoms with E-state index in [1.165, 1.54) is 53.1 Å². The van der Waals surface area contributed by atoms with E-state index in [9.17, 15) is 0 Å². The fourth-order valence-corrected chi connectivity index (χ4v) is 10.1. The smallest absolute Gasteiger partial charge is 0.137 e. The SMILES string of the molecule is c1ccc(C2=NC(c3ccccc3)NC(c3ccc4c(c3)sc3cccc(-c5ccc6c(c5)oc5cccc(-n7c8ccccc8c8ccccc87)c56)c34)N2)cc1. The molecule has 3 aromatic heterocycles. The summed E-state index contributed by atoms with van der Waals surface area (Å²) in [5.41, 5.74) is 11.0. The maximum Gasteiger partial charge on any atom is 0.137 e. The minimum atomic E-state index is -0.177. The van der Waals surface area contributed by atoms with E-state index in [1.807, 2.05) is 23.5 Å². The number of hydrogen-bond donors (Lipinski definition) is 2. The number of amidine groups is 1. The van der Waals surface area contributed by atoms with Gasteiger partial charge in [-0.1, -0.05) is 133 Å². The number of nitrogens with zero attached hydrogens (tertiary/aromatic N) is 2. The van der Waals surface area contributed by atoms with Crippen molar-refractivity contribution >= 4 is 81.1 Å². The van der Waals surface area contributed by atoms with Crippen LogP contribution >= 0.6 is 11.3 Å². The van der Waals surface area contributed by atoms with E-state index < -0.39 is 0 Å². The van der Waals surface area contributed by atoms with Crippen LogP contribution in [0.5, 0.6) is 0 Å². The first-order valence-electron chi connectivity index (χ1n) is 19.4. The Morgan fingerprint density at radius 3 is 2.04 bits per heavy atom. The van der Waals surface area contributed by atoms with Gasteiger partial charge in [-0.2, -0.15) is 0 Å². The van der Waals surface area contributed by atoms with Crippen LogP contribution in [-0.2, 0) is 0 Å². The quantitative estimate of drug-likeness (QED) is 0.184. The Kier molecular flexibility index (Phi) is 7.24. The van der Waals surface area contributed by atoms with E-state index in [1.54, 1.807) is 0 Å². The second-order valence-corrected chi connectivity index (χ2v) is 15.9. The summed E-state index contributed by atoms with van der Waals surface area (Å²) < 4.78 is 11.6. The van der Waals surface area contributed by atoms with E-state index >= 15 is 0 Å². The van der Waals surface area contributed by atoms with Crippen LogP contribution in [0.3, 0.4) is 0 Å². The summed E-state index contributed by atoms with van der Waals surface area (Å²) in [6.07, 6.45) is -0.302. The van der Waals surface area contributed by atoms with Crippen LogP contribution in [0.2, 0.25) is 0 Å². The lowest BCUT2D eigenvalue weighted by Crippen LogP contribution is -2.44. The highest BCUT2D eigenvalue weighted by Gasteiger charge is 2.26. The van der Waals surface area contributed by atoms with E-state index in [2.05, 4.69) is 185 Å². The van der Waals surface area contributed by atoms with Gasteiger partial charge >= 0.3 is 0 Å². The first-order valence-corrected chi connectivity index (χ1v) is 20.2. The van der Waals surface area contributed by atoms with Crippen LogP contribution in [0.25, 0.3) is 80.7 Å². The largest absolute Gasteiger partial charge is 0.456 e. The van der Waals surface area contributed by atoms with Gasteiger partial charge in [-0.15, -0.1) is 11.3 Å². The third-order valence-electron chi connectivity index (χ3n) is 11.5. The molecule has 2 unspecified atom stereocenters. The summed E-state index contributed by atoms with van der Waals surface area (Å²) in [7, 11) is 0. The minimum Gasteiger partial charge on any atom is -0.456 e. The van der Waals surface area contributed by atoms with Crippen LogP contribution in [0, 0.1) is 0 Å². The van der Waals surface area contributed by atoms with Crippen molar-refractivity contribution in [3.63, 3.8) is 0 Å². The number of aliphatic imine (C=N–C) groups is 1. The Morgan fingerprint density at radius 1 is 0.509 bits per heavy atom. The van der Waals surface area contributed by atoms with Gasteiger partial charge in [0.05, 0.1) is 22.1 Å². The highest BCUT2D eigenvalue weighted by atomic mass is 32.1. The zero-order valence-corrected chi connectivity index (χ0v) is 31.5. The van der Waals surface area contributed by atoms with Gasteiger partial charge in [0.2, 0.25) is 0 Å². The molecule has 5 nitrogen and oxygen atoms in total. The number of thiophene rings is 1. The van der Waals surface area contributed by atoms with Gasteiger partial charge < -0.3 is 14.3 Å². The Hall–Kier alpha value is -6.99. The van der Waals surface area contributed by atoms with Gasteiger partial charge in [-0.3, -0.25) is 5.32 Å². The lowest BCUT2D eigenvalue weighted by atomic mass is 9.97. The van der Waals surface area contributed by atoms with Crippen molar-refractivity contribution in [1.29, 1.82) is 0 Å². The van der Waals surface area contributed by atoms with Gasteiger partial charge in [0, 0.05) is 41.9 Å². The molecule has 0 aliphatic carbocycles. The number of benzene rings is 8. The topological polar surface area (TPSA) is 54.5 Å². The number of nitrogens with one attached hydrogen (secondary N) is 2. The molecular formula is C51H34N4OS. The van der Waals surface area contributed by atoms with Crippen LogP contribution in [0.15, 0.2) is 191 Å². The molecule has 6 heteroatoms. The molecule has 1 aliphatic rings. The van der Waals surface area contributed by atoms with Gasteiger partial charge in [-0.05, 0) is 70.8 Å². The molecular weight excluding hydrogens is 717 g/mol. The lowest BCUT2D eigenvalue weighted by Gasteiger charge is -2.32. The summed E-state index contributed by atoms with van der Waals surface area (Å²) in [5.74, 6) is 0.884. The third-order valence-corrected chi connectivity index (χ3v) is 12.6. The van der Waals surface area contributed by atoms with E-state index in [4.69, 9.17) is 9.41 Å². The fourth-order valence-electron chi connectivity index (χ4n) is 8.88. The van der Waals surface area contributed by atoms with Gasteiger partial charge in [-0.25, -0.2) is 4.99 Å². The summed E-state index contributed by atoms with van der Waals surface area (Å²) in [5, 5.41) is 14.7. The highest BCUT2D eigenvalue weighted by molar-refractivity contribution is 7.26. The second kappa shape index (κ2) is 12.8. The Bertz CT molecular complexity index is 3320. The van der Waals surface area contributed by atoms with Crippen LogP contribution in [0.1, 0.15) is 29.0 Å². The van der Waals surface area contributed by atoms with Crippen molar-refractivity contribution in [2.75, 3.05) is 0 Å². The summed E-state index contributed by atoms with van der Waals surface area (Å²) in [6.45, 7) is 0. The van der Waals surface area contributed by atoms with Gasteiger partial charge in [0.1, 0.15) is 29.3 Å². The lowest BCUT2D eigenvalue weighted by molar-refractivity contribution is 0.409. The Morgan fingerprint density at radius 2 is 1.23 bits per heavy atom. The predicted molar refractivity (Wildman–Crippen MR) is 238 cm³/mol. The molecule has 0 fully saturated rings. The molecule has 11 aromatic rings. The fraction of sp³-hybridized carbons (Fsp3) is 0.0392. The number of aromatic nitrogens is 1. The van der Waals surface area contributed by atoms with Crippen LogP contribution in [-0.4, -0.2) is 10.4 Å². The number of rotatable bonds is 5. The number of fused-ring (bicyclic) bond motifs is 9. The zero-order valence-electron chi connectivity index (χ0n) is 30.7. The molecule has 57 heavy (non-hydrogen) atoms. The van der Waals surface area contributed by atoms with Crippen LogP contribution < -0.4 is 10.6 Å². The molecule has 0 bridgehead atoms. The minimum absolute atomic E-state index is 0.125. The number of para-hydroxylation sites is 2. The maximum absolute atomic E-state index is 6.69. The van der Waals surface area contributed by atoms with E-state index in [0.29, 0.717) is 0 Å². The molecule has 270 valence electrons. The molecule has 0 spiro atoms. The Balaban J connectivity index is 0.953. The summed E-state index contributed by atoms with van der Waals surface area (Å²) >= 11 is 1.84. The first kappa shape index (κ1) is 32.3. The highest BCUT2D eigenvalue weighted by Crippen LogP contribution is 2.44. The van der Waals surface area contributed by atoms with E-state index in [-0.39, 0.29) is 12.3 Å². The molecule has 2 N–H and O–H groups in total. The van der Waals surface area contributed by atoms with Gasteiger partial charge in [0.15, 0.2) is 0 Å². The molecule has 12 rings (SSSR count). The normalized spacial score (nSPS) is 15.9. The van der Waals surface area contributed by atoms with Crippen molar-refractivity contribution < 1.29 is 4.42 Å². The van der Waals surface area contributed by atoms with Crippen molar-refractivity contribution in [3.05, 3.63) is 199 Å². The first-order chi connectivity index (χ1) is 28.2. The zero-order chi connectivity index (χ0) is 37.5. The number of hydrogen-bond acceptors (Lipinski definition) is 5. The molecule has 2 atom stereocenters. The molecule has 1 aliphatic heterocycles. The molecule has 4 heterocycles. The average Bonchev–Trinajstić information content (AvgIpc) is 3.96. The molecule has 8 aromatic carbocycles.